The molecule has 25 heavy (non-hydrogen) atoms. The van der Waals surface area contributed by atoms with Crippen molar-refractivity contribution >= 4 is 44.2 Å². The number of amides is 1. The van der Waals surface area contributed by atoms with E-state index in [1.54, 1.807) is 30.3 Å². The quantitative estimate of drug-likeness (QED) is 0.481. The molecule has 5 nitrogen and oxygen atoms in total. The Balaban J connectivity index is 2.06. The Kier molecular flexibility index (Phi) is 6.74. The van der Waals surface area contributed by atoms with E-state index in [0.717, 1.165) is 9.13 Å². The van der Waals surface area contributed by atoms with Crippen molar-refractivity contribution in [2.24, 2.45) is 0 Å². The van der Waals surface area contributed by atoms with Gasteiger partial charge in [0, 0.05) is 15.8 Å². The van der Waals surface area contributed by atoms with E-state index in [1.165, 1.54) is 6.08 Å². The summed E-state index contributed by atoms with van der Waals surface area (Å²) in [5.74, 6) is -0.314. The van der Waals surface area contributed by atoms with Gasteiger partial charge < -0.3 is 5.32 Å². The summed E-state index contributed by atoms with van der Waals surface area (Å²) >= 11 is 2.15. The highest BCUT2D eigenvalue weighted by Crippen LogP contribution is 2.19. The summed E-state index contributed by atoms with van der Waals surface area (Å²) in [6, 6.07) is 12.3. The number of benzene rings is 2. The fourth-order valence-electron chi connectivity index (χ4n) is 2.16. The standard InChI is InChI=1S/C18H19IN2O3S/c1-3-11-20-25(23,24)12-14-7-9-15(10-8-14)21-18(22)16-6-4-5-13(2)17(16)19/h3-10,20H,1,11-12H2,2H3,(H,21,22). The van der Waals surface area contributed by atoms with E-state index >= 15 is 0 Å². The van der Waals surface area contributed by atoms with Crippen molar-refractivity contribution < 1.29 is 13.2 Å². The lowest BCUT2D eigenvalue weighted by Crippen LogP contribution is -2.25. The molecule has 0 fully saturated rings. The van der Waals surface area contributed by atoms with Crippen molar-refractivity contribution in [3.63, 3.8) is 0 Å². The summed E-state index contributed by atoms with van der Waals surface area (Å²) in [5, 5.41) is 2.83. The molecule has 0 bridgehead atoms. The average molecular weight is 470 g/mol. The molecule has 0 spiro atoms. The van der Waals surface area contributed by atoms with Crippen LogP contribution in [0.4, 0.5) is 5.69 Å². The molecule has 0 saturated carbocycles. The number of rotatable bonds is 7. The maximum atomic E-state index is 12.4. The number of hydrogen-bond donors (Lipinski definition) is 2. The minimum Gasteiger partial charge on any atom is -0.322 e. The Bertz CT molecular complexity index is 878. The summed E-state index contributed by atoms with van der Waals surface area (Å²) in [4.78, 5) is 12.4. The monoisotopic (exact) mass is 470 g/mol. The molecule has 0 aliphatic heterocycles. The van der Waals surface area contributed by atoms with Crippen LogP contribution in [0.15, 0.2) is 55.1 Å². The van der Waals surface area contributed by atoms with Gasteiger partial charge in [-0.1, -0.05) is 30.3 Å². The first-order valence-corrected chi connectivity index (χ1v) is 10.3. The van der Waals surface area contributed by atoms with E-state index in [1.807, 2.05) is 19.1 Å². The van der Waals surface area contributed by atoms with Crippen molar-refractivity contribution in [1.82, 2.24) is 4.72 Å². The maximum absolute atomic E-state index is 12.4. The Hall–Kier alpha value is -1.71. The minimum absolute atomic E-state index is 0.120. The van der Waals surface area contributed by atoms with Crippen LogP contribution in [0.25, 0.3) is 0 Å². The van der Waals surface area contributed by atoms with Crippen LogP contribution in [-0.2, 0) is 15.8 Å². The third-order valence-electron chi connectivity index (χ3n) is 3.45. The second-order valence-corrected chi connectivity index (χ2v) is 8.37. The van der Waals surface area contributed by atoms with Gasteiger partial charge in [-0.2, -0.15) is 0 Å². The molecule has 0 heterocycles. The van der Waals surface area contributed by atoms with Crippen molar-refractivity contribution in [1.29, 1.82) is 0 Å². The Morgan fingerprint density at radius 3 is 2.52 bits per heavy atom. The number of aryl methyl sites for hydroxylation is 1. The predicted octanol–water partition coefficient (Wildman–Crippen LogP) is 3.46. The SMILES string of the molecule is C=CCNS(=O)(=O)Cc1ccc(NC(=O)c2cccc(C)c2I)cc1. The highest BCUT2D eigenvalue weighted by atomic mass is 127. The number of carbonyl (C=O) groups is 1. The summed E-state index contributed by atoms with van der Waals surface area (Å²) in [7, 11) is -3.40. The number of nitrogens with one attached hydrogen (secondary N) is 2. The van der Waals surface area contributed by atoms with Crippen molar-refractivity contribution in [2.45, 2.75) is 12.7 Å². The second kappa shape index (κ2) is 8.59. The van der Waals surface area contributed by atoms with Gasteiger partial charge in [-0.25, -0.2) is 13.1 Å². The number of hydrogen-bond acceptors (Lipinski definition) is 3. The van der Waals surface area contributed by atoms with Crippen LogP contribution < -0.4 is 10.0 Å². The molecule has 0 aliphatic carbocycles. The van der Waals surface area contributed by atoms with Crippen LogP contribution >= 0.6 is 22.6 Å². The van der Waals surface area contributed by atoms with E-state index in [2.05, 4.69) is 39.2 Å². The first-order valence-electron chi connectivity index (χ1n) is 7.56. The highest BCUT2D eigenvalue weighted by Gasteiger charge is 2.13. The van der Waals surface area contributed by atoms with Crippen LogP contribution in [0.1, 0.15) is 21.5 Å². The maximum Gasteiger partial charge on any atom is 0.256 e. The lowest BCUT2D eigenvalue weighted by atomic mass is 10.1. The van der Waals surface area contributed by atoms with E-state index in [-0.39, 0.29) is 18.2 Å². The summed E-state index contributed by atoms with van der Waals surface area (Å²) < 4.78 is 27.0. The summed E-state index contributed by atoms with van der Waals surface area (Å²) in [5.41, 5.74) is 2.91. The van der Waals surface area contributed by atoms with E-state index in [0.29, 0.717) is 16.8 Å². The van der Waals surface area contributed by atoms with Crippen molar-refractivity contribution in [2.75, 3.05) is 11.9 Å². The first-order chi connectivity index (χ1) is 11.8. The first kappa shape index (κ1) is 19.6. The molecule has 0 aromatic heterocycles. The molecule has 0 saturated heterocycles. The highest BCUT2D eigenvalue weighted by molar-refractivity contribution is 14.1. The molecule has 2 N–H and O–H groups in total. The van der Waals surface area contributed by atoms with Crippen LogP contribution in [-0.4, -0.2) is 20.9 Å². The second-order valence-electron chi connectivity index (χ2n) is 5.48. The Morgan fingerprint density at radius 1 is 1.20 bits per heavy atom. The molecule has 1 amide bonds. The van der Waals surface area contributed by atoms with Gasteiger partial charge in [-0.15, -0.1) is 6.58 Å². The summed E-state index contributed by atoms with van der Waals surface area (Å²) in [6.45, 7) is 5.63. The Labute approximate surface area is 161 Å². The zero-order valence-electron chi connectivity index (χ0n) is 13.8. The molecule has 2 aromatic rings. The molecule has 0 aliphatic rings. The normalized spacial score (nSPS) is 11.1. The van der Waals surface area contributed by atoms with Crippen LogP contribution in [0, 0.1) is 10.5 Å². The largest absolute Gasteiger partial charge is 0.322 e. The molecule has 0 unspecified atom stereocenters. The van der Waals surface area contributed by atoms with Gasteiger partial charge in [0.05, 0.1) is 11.3 Å². The third kappa shape index (κ3) is 5.65. The number of carbonyl (C=O) groups excluding carboxylic acids is 1. The third-order valence-corrected chi connectivity index (χ3v) is 6.20. The lowest BCUT2D eigenvalue weighted by Gasteiger charge is -2.09. The lowest BCUT2D eigenvalue weighted by molar-refractivity contribution is 0.102. The number of anilines is 1. The zero-order chi connectivity index (χ0) is 18.4. The number of halogens is 1. The van der Waals surface area contributed by atoms with E-state index in [4.69, 9.17) is 0 Å². The van der Waals surface area contributed by atoms with Gasteiger partial charge in [0.1, 0.15) is 0 Å². The van der Waals surface area contributed by atoms with Gasteiger partial charge in [-0.05, 0) is 58.8 Å². The van der Waals surface area contributed by atoms with Gasteiger partial charge in [0.25, 0.3) is 5.91 Å². The molecule has 0 radical (unpaired) electrons. The van der Waals surface area contributed by atoms with Gasteiger partial charge in [-0.3, -0.25) is 4.79 Å². The van der Waals surface area contributed by atoms with Gasteiger partial charge >= 0.3 is 0 Å². The average Bonchev–Trinajstić information content (AvgIpc) is 2.57. The predicted molar refractivity (Wildman–Crippen MR) is 109 cm³/mol. The molecule has 7 heteroatoms. The van der Waals surface area contributed by atoms with Crippen molar-refractivity contribution in [3.05, 3.63) is 75.4 Å². The van der Waals surface area contributed by atoms with Gasteiger partial charge in [0.2, 0.25) is 10.0 Å². The molecular formula is C18H19IN2O3S. The fourth-order valence-corrected chi connectivity index (χ4v) is 3.87. The molecule has 2 aromatic carbocycles. The molecular weight excluding hydrogens is 451 g/mol. The molecule has 132 valence electrons. The van der Waals surface area contributed by atoms with Crippen LogP contribution in [0.2, 0.25) is 0 Å². The summed E-state index contributed by atoms with van der Waals surface area (Å²) in [6.07, 6.45) is 1.49. The Morgan fingerprint density at radius 2 is 1.88 bits per heavy atom. The van der Waals surface area contributed by atoms with Crippen LogP contribution in [0.3, 0.4) is 0 Å². The fraction of sp³-hybridized carbons (Fsp3) is 0.167. The topological polar surface area (TPSA) is 75.3 Å². The zero-order valence-corrected chi connectivity index (χ0v) is 16.7. The molecule has 0 atom stereocenters. The molecule has 2 rings (SSSR count). The van der Waals surface area contributed by atoms with Crippen LogP contribution in [0.5, 0.6) is 0 Å². The number of sulfonamides is 1. The smallest absolute Gasteiger partial charge is 0.256 e. The van der Waals surface area contributed by atoms with Gasteiger partial charge in [0.15, 0.2) is 0 Å². The van der Waals surface area contributed by atoms with E-state index < -0.39 is 10.0 Å². The minimum atomic E-state index is -3.40. The van der Waals surface area contributed by atoms with E-state index in [9.17, 15) is 13.2 Å². The van der Waals surface area contributed by atoms with Crippen molar-refractivity contribution in [3.8, 4) is 0 Å².